The van der Waals surface area contributed by atoms with Gasteiger partial charge in [-0.05, 0) is 77.6 Å². The Kier molecular flexibility index (Phi) is 8.77. The van der Waals surface area contributed by atoms with Gasteiger partial charge in [0.15, 0.2) is 0 Å². The summed E-state index contributed by atoms with van der Waals surface area (Å²) in [6.07, 6.45) is 8.41. The third-order valence-corrected chi connectivity index (χ3v) is 6.54. The summed E-state index contributed by atoms with van der Waals surface area (Å²) < 4.78 is 0. The Morgan fingerprint density at radius 3 is 1.79 bits per heavy atom. The topological polar surface area (TPSA) is 144 Å². The van der Waals surface area contributed by atoms with Gasteiger partial charge in [-0.25, -0.2) is 0 Å². The first-order chi connectivity index (χ1) is 17.8. The molecule has 0 spiro atoms. The molecule has 2 amide bonds. The molecule has 1 aliphatic rings. The number of nitro benzene ring substituents is 2. The maximum absolute atomic E-state index is 12.6. The van der Waals surface area contributed by atoms with Gasteiger partial charge >= 0.3 is 0 Å². The second-order valence-corrected chi connectivity index (χ2v) is 10.8. The molecule has 2 aromatic rings. The monoisotopic (exact) mass is 520 g/mol. The van der Waals surface area contributed by atoms with E-state index in [1.807, 2.05) is 0 Å². The van der Waals surface area contributed by atoms with Crippen LogP contribution in [0, 0.1) is 31.1 Å². The molecule has 0 heterocycles. The Morgan fingerprint density at radius 1 is 0.842 bits per heavy atom. The third-order valence-electron chi connectivity index (χ3n) is 6.54. The van der Waals surface area contributed by atoms with Crippen molar-refractivity contribution in [1.82, 2.24) is 10.6 Å². The predicted molar refractivity (Wildman–Crippen MR) is 145 cm³/mol. The quantitative estimate of drug-likeness (QED) is 0.269. The second kappa shape index (κ2) is 11.8. The zero-order valence-electron chi connectivity index (χ0n) is 21.7. The number of benzene rings is 2. The molecule has 38 heavy (non-hydrogen) atoms. The van der Waals surface area contributed by atoms with Gasteiger partial charge in [0, 0.05) is 49.0 Å². The van der Waals surface area contributed by atoms with E-state index in [0.29, 0.717) is 24.1 Å². The number of hydrogen-bond donors (Lipinski definition) is 2. The van der Waals surface area contributed by atoms with Gasteiger partial charge in [-0.2, -0.15) is 0 Å². The lowest BCUT2D eigenvalue weighted by atomic mass is 9.62. The van der Waals surface area contributed by atoms with E-state index in [4.69, 9.17) is 0 Å². The number of hydrogen-bond acceptors (Lipinski definition) is 6. The Hall–Kier alpha value is -4.34. The first-order valence-electron chi connectivity index (χ1n) is 12.3. The van der Waals surface area contributed by atoms with Crippen LogP contribution in [0.1, 0.15) is 51.2 Å². The molecule has 1 saturated carbocycles. The molecule has 0 radical (unpaired) electrons. The highest BCUT2D eigenvalue weighted by molar-refractivity contribution is 5.92. The molecular weight excluding hydrogens is 488 g/mol. The van der Waals surface area contributed by atoms with Crippen molar-refractivity contribution < 1.29 is 19.4 Å². The van der Waals surface area contributed by atoms with E-state index >= 15 is 0 Å². The predicted octanol–water partition coefficient (Wildman–Crippen LogP) is 5.05. The Labute approximate surface area is 221 Å². The molecule has 10 nitrogen and oxygen atoms in total. The smallest absolute Gasteiger partial charge is 0.269 e. The lowest BCUT2D eigenvalue weighted by Crippen LogP contribution is -2.50. The van der Waals surface area contributed by atoms with E-state index in [9.17, 15) is 29.8 Å². The largest absolute Gasteiger partial charge is 0.352 e. The average molecular weight is 521 g/mol. The fourth-order valence-electron chi connectivity index (χ4n) is 5.24. The molecule has 3 rings (SSSR count). The molecule has 1 aliphatic carbocycles. The van der Waals surface area contributed by atoms with Crippen molar-refractivity contribution in [3.05, 3.63) is 92.0 Å². The number of carbonyl (C=O) groups excluding carboxylic acids is 2. The zero-order chi connectivity index (χ0) is 27.9. The van der Waals surface area contributed by atoms with Gasteiger partial charge in [-0.3, -0.25) is 29.8 Å². The molecule has 2 aromatic carbocycles. The summed E-state index contributed by atoms with van der Waals surface area (Å²) in [6.45, 7) is 6.82. The van der Waals surface area contributed by atoms with Gasteiger partial charge in [-0.15, -0.1) is 0 Å². The maximum Gasteiger partial charge on any atom is 0.269 e. The van der Waals surface area contributed by atoms with Gasteiger partial charge < -0.3 is 10.6 Å². The normalized spacial score (nSPS) is 20.8. The van der Waals surface area contributed by atoms with Crippen LogP contribution in [-0.4, -0.2) is 34.2 Å². The highest BCUT2D eigenvalue weighted by Gasteiger charge is 2.41. The summed E-state index contributed by atoms with van der Waals surface area (Å²) in [7, 11) is 0. The molecule has 200 valence electrons. The molecular formula is C28H32N4O6. The van der Waals surface area contributed by atoms with Crippen LogP contribution in [-0.2, 0) is 9.59 Å². The minimum atomic E-state index is -0.475. The standard InChI is InChI=1S/C28H32N4O6/c1-27(2)16-22(30-26(34)15-9-21-6-12-24(13-7-21)32(37)38)17-28(3,18-27)19-29-25(33)14-8-20-4-10-23(11-5-20)31(35)36/h4-15,22H,16-19H2,1-3H3,(H,29,33)(H,30,34)/b14-8+,15-9+. The minimum absolute atomic E-state index is 0.00995. The summed E-state index contributed by atoms with van der Waals surface area (Å²) in [5.41, 5.74) is 1.06. The van der Waals surface area contributed by atoms with Crippen LogP contribution >= 0.6 is 0 Å². The second-order valence-electron chi connectivity index (χ2n) is 10.8. The number of carbonyl (C=O) groups is 2. The molecule has 2 atom stereocenters. The van der Waals surface area contributed by atoms with Crippen LogP contribution < -0.4 is 10.6 Å². The molecule has 0 bridgehead atoms. The zero-order valence-corrected chi connectivity index (χ0v) is 21.7. The Morgan fingerprint density at radius 2 is 1.32 bits per heavy atom. The lowest BCUT2D eigenvalue weighted by Gasteiger charge is -2.46. The third kappa shape index (κ3) is 8.36. The highest BCUT2D eigenvalue weighted by atomic mass is 16.6. The number of non-ortho nitro benzene ring substituents is 2. The van der Waals surface area contributed by atoms with Gasteiger partial charge in [0.1, 0.15) is 0 Å². The van der Waals surface area contributed by atoms with Crippen molar-refractivity contribution in [3.8, 4) is 0 Å². The van der Waals surface area contributed by atoms with Crippen molar-refractivity contribution in [3.63, 3.8) is 0 Å². The van der Waals surface area contributed by atoms with E-state index < -0.39 is 9.85 Å². The van der Waals surface area contributed by atoms with E-state index in [1.54, 1.807) is 36.4 Å². The van der Waals surface area contributed by atoms with Crippen molar-refractivity contribution in [2.75, 3.05) is 6.54 Å². The van der Waals surface area contributed by atoms with Gasteiger partial charge in [0.2, 0.25) is 11.8 Å². The minimum Gasteiger partial charge on any atom is -0.352 e. The lowest BCUT2D eigenvalue weighted by molar-refractivity contribution is -0.385. The van der Waals surface area contributed by atoms with Crippen LogP contribution in [0.5, 0.6) is 0 Å². The van der Waals surface area contributed by atoms with E-state index in [0.717, 1.165) is 12.8 Å². The van der Waals surface area contributed by atoms with Crippen molar-refractivity contribution in [2.24, 2.45) is 10.8 Å². The van der Waals surface area contributed by atoms with Gasteiger partial charge in [-0.1, -0.05) is 20.8 Å². The van der Waals surface area contributed by atoms with Crippen molar-refractivity contribution >= 4 is 35.3 Å². The summed E-state index contributed by atoms with van der Waals surface area (Å²) in [6, 6.07) is 11.8. The van der Waals surface area contributed by atoms with E-state index in [2.05, 4.69) is 31.4 Å². The van der Waals surface area contributed by atoms with Gasteiger partial charge in [0.25, 0.3) is 11.4 Å². The van der Waals surface area contributed by atoms with Crippen LogP contribution in [0.4, 0.5) is 11.4 Å². The molecule has 0 saturated heterocycles. The van der Waals surface area contributed by atoms with Crippen molar-refractivity contribution in [2.45, 2.75) is 46.1 Å². The number of nitrogens with one attached hydrogen (secondary N) is 2. The summed E-state index contributed by atoms with van der Waals surface area (Å²) in [5.74, 6) is -0.511. The summed E-state index contributed by atoms with van der Waals surface area (Å²) in [4.78, 5) is 45.7. The van der Waals surface area contributed by atoms with Gasteiger partial charge in [0.05, 0.1) is 9.85 Å². The Balaban J connectivity index is 1.55. The molecule has 0 aromatic heterocycles. The number of nitro groups is 2. The van der Waals surface area contributed by atoms with Crippen LogP contribution in [0.15, 0.2) is 60.7 Å². The molecule has 0 aliphatic heterocycles. The molecule has 2 unspecified atom stereocenters. The molecule has 1 fully saturated rings. The Bertz CT molecular complexity index is 1250. The fourth-order valence-corrected chi connectivity index (χ4v) is 5.24. The first kappa shape index (κ1) is 28.2. The first-order valence-corrected chi connectivity index (χ1v) is 12.3. The fraction of sp³-hybridized carbons (Fsp3) is 0.357. The van der Waals surface area contributed by atoms with Crippen LogP contribution in [0.2, 0.25) is 0 Å². The number of rotatable bonds is 9. The van der Waals surface area contributed by atoms with Crippen molar-refractivity contribution in [1.29, 1.82) is 0 Å². The average Bonchev–Trinajstić information content (AvgIpc) is 2.84. The summed E-state index contributed by atoms with van der Waals surface area (Å²) in [5, 5.41) is 27.6. The van der Waals surface area contributed by atoms with Crippen LogP contribution in [0.25, 0.3) is 12.2 Å². The van der Waals surface area contributed by atoms with Crippen LogP contribution in [0.3, 0.4) is 0 Å². The number of nitrogens with zero attached hydrogens (tertiary/aromatic N) is 2. The molecule has 10 heteroatoms. The number of amides is 2. The maximum atomic E-state index is 12.6. The SMILES string of the molecule is CC1(C)CC(NC(=O)/C=C/c2ccc([N+](=O)[O-])cc2)CC(C)(CNC(=O)/C=C/c2ccc([N+](=O)[O-])cc2)C1. The highest BCUT2D eigenvalue weighted by Crippen LogP contribution is 2.45. The summed E-state index contributed by atoms with van der Waals surface area (Å²) >= 11 is 0. The van der Waals surface area contributed by atoms with E-state index in [1.165, 1.54) is 36.4 Å². The molecule has 2 N–H and O–H groups in total. The van der Waals surface area contributed by atoms with E-state index in [-0.39, 0.29) is 40.1 Å².